The van der Waals surface area contributed by atoms with Crippen LogP contribution in [0.4, 0.5) is 13.2 Å². The highest BCUT2D eigenvalue weighted by molar-refractivity contribution is 6.21. The van der Waals surface area contributed by atoms with Crippen LogP contribution >= 0.6 is 11.6 Å². The summed E-state index contributed by atoms with van der Waals surface area (Å²) in [5, 5.41) is -0.0405. The Labute approximate surface area is 103 Å². The molecule has 0 amide bonds. The second kappa shape index (κ2) is 4.48. The molecular formula is C12H13ClF3N. The molecule has 0 N–H and O–H groups in total. The van der Waals surface area contributed by atoms with Gasteiger partial charge in [-0.1, -0.05) is 6.92 Å². The van der Waals surface area contributed by atoms with Crippen molar-refractivity contribution in [3.63, 3.8) is 0 Å². The molecule has 0 aromatic carbocycles. The highest BCUT2D eigenvalue weighted by atomic mass is 35.5. The third kappa shape index (κ3) is 2.41. The summed E-state index contributed by atoms with van der Waals surface area (Å²) < 4.78 is 38.6. The van der Waals surface area contributed by atoms with E-state index in [1.807, 2.05) is 6.92 Å². The molecule has 2 rings (SSSR count). The Balaban J connectivity index is 2.39. The first-order chi connectivity index (χ1) is 7.91. The van der Waals surface area contributed by atoms with Gasteiger partial charge in [0.15, 0.2) is 0 Å². The zero-order valence-corrected chi connectivity index (χ0v) is 10.1. The fourth-order valence-electron chi connectivity index (χ4n) is 2.52. The van der Waals surface area contributed by atoms with Crippen molar-refractivity contribution in [3.8, 4) is 0 Å². The Kier molecular flexibility index (Phi) is 3.34. The Morgan fingerprint density at radius 2 is 2.06 bits per heavy atom. The molecule has 0 saturated heterocycles. The largest absolute Gasteiger partial charge is 0.416 e. The summed E-state index contributed by atoms with van der Waals surface area (Å²) in [6.45, 7) is 1.91. The van der Waals surface area contributed by atoms with Gasteiger partial charge in [0.2, 0.25) is 0 Å². The van der Waals surface area contributed by atoms with Crippen LogP contribution in [0.15, 0.2) is 18.5 Å². The van der Waals surface area contributed by atoms with E-state index in [4.69, 9.17) is 11.6 Å². The molecule has 5 heteroatoms. The first-order valence-corrected chi connectivity index (χ1v) is 6.00. The zero-order chi connectivity index (χ0) is 12.6. The predicted octanol–water partition coefficient (Wildman–Crippen LogP) is 4.22. The average molecular weight is 264 g/mol. The number of hydrogen-bond donors (Lipinski definition) is 0. The minimum atomic E-state index is -4.32. The molecule has 1 nitrogen and oxygen atoms in total. The van der Waals surface area contributed by atoms with Crippen molar-refractivity contribution < 1.29 is 13.2 Å². The SMILES string of the molecule is CC1C(Cl)CCC1c1cnccc1C(F)(F)F. The number of nitrogens with zero attached hydrogens (tertiary/aromatic N) is 1. The minimum absolute atomic E-state index is 0.0405. The van der Waals surface area contributed by atoms with Crippen LogP contribution in [-0.4, -0.2) is 10.4 Å². The molecule has 0 spiro atoms. The van der Waals surface area contributed by atoms with Crippen molar-refractivity contribution in [2.75, 3.05) is 0 Å². The molecule has 0 bridgehead atoms. The molecule has 1 saturated carbocycles. The van der Waals surface area contributed by atoms with Crippen molar-refractivity contribution in [3.05, 3.63) is 29.6 Å². The standard InChI is InChI=1S/C12H13ClF3N/c1-7-8(2-3-11(7)13)9-6-17-5-4-10(9)12(14,15)16/h4-8,11H,2-3H2,1H3. The Morgan fingerprint density at radius 3 is 2.59 bits per heavy atom. The van der Waals surface area contributed by atoms with Gasteiger partial charge in [-0.15, -0.1) is 11.6 Å². The van der Waals surface area contributed by atoms with Gasteiger partial charge in [0.1, 0.15) is 0 Å². The Hall–Kier alpha value is -0.770. The lowest BCUT2D eigenvalue weighted by Gasteiger charge is -2.21. The summed E-state index contributed by atoms with van der Waals surface area (Å²) >= 11 is 6.07. The lowest BCUT2D eigenvalue weighted by atomic mass is 9.88. The van der Waals surface area contributed by atoms with Gasteiger partial charge >= 0.3 is 6.18 Å². The highest BCUT2D eigenvalue weighted by Crippen LogP contribution is 2.45. The molecule has 0 radical (unpaired) electrons. The molecule has 1 aliphatic rings. The topological polar surface area (TPSA) is 12.9 Å². The van der Waals surface area contributed by atoms with Gasteiger partial charge in [0.25, 0.3) is 0 Å². The third-order valence-corrected chi connectivity index (χ3v) is 4.13. The minimum Gasteiger partial charge on any atom is -0.264 e. The van der Waals surface area contributed by atoms with Crippen molar-refractivity contribution in [1.29, 1.82) is 0 Å². The maximum Gasteiger partial charge on any atom is 0.416 e. The van der Waals surface area contributed by atoms with E-state index in [0.29, 0.717) is 6.42 Å². The van der Waals surface area contributed by atoms with E-state index < -0.39 is 11.7 Å². The van der Waals surface area contributed by atoms with Gasteiger partial charge < -0.3 is 0 Å². The van der Waals surface area contributed by atoms with Gasteiger partial charge in [-0.2, -0.15) is 13.2 Å². The average Bonchev–Trinajstić information content (AvgIpc) is 2.59. The maximum absolute atomic E-state index is 12.9. The second-order valence-corrected chi connectivity index (χ2v) is 5.08. The lowest BCUT2D eigenvalue weighted by Crippen LogP contribution is -2.16. The second-order valence-electron chi connectivity index (χ2n) is 4.52. The normalized spacial score (nSPS) is 29.6. The van der Waals surface area contributed by atoms with Crippen LogP contribution in [0.5, 0.6) is 0 Å². The van der Waals surface area contributed by atoms with Crippen LogP contribution in [-0.2, 0) is 6.18 Å². The highest BCUT2D eigenvalue weighted by Gasteiger charge is 2.39. The molecule has 1 heterocycles. The molecule has 0 aliphatic heterocycles. The maximum atomic E-state index is 12.9. The van der Waals surface area contributed by atoms with Crippen LogP contribution in [0.1, 0.15) is 36.8 Å². The van der Waals surface area contributed by atoms with E-state index in [1.165, 1.54) is 12.4 Å². The quantitative estimate of drug-likeness (QED) is 0.691. The fraction of sp³-hybridized carbons (Fsp3) is 0.583. The van der Waals surface area contributed by atoms with Crippen LogP contribution in [0.2, 0.25) is 0 Å². The monoisotopic (exact) mass is 263 g/mol. The van der Waals surface area contributed by atoms with Crippen LogP contribution in [0.25, 0.3) is 0 Å². The molecule has 1 aliphatic carbocycles. The van der Waals surface area contributed by atoms with E-state index in [-0.39, 0.29) is 22.8 Å². The number of alkyl halides is 4. The van der Waals surface area contributed by atoms with Crippen molar-refractivity contribution in [1.82, 2.24) is 4.98 Å². The van der Waals surface area contributed by atoms with Crippen molar-refractivity contribution in [2.45, 2.75) is 37.2 Å². The lowest BCUT2D eigenvalue weighted by molar-refractivity contribution is -0.138. The number of rotatable bonds is 1. The molecule has 1 aromatic rings. The molecule has 17 heavy (non-hydrogen) atoms. The first kappa shape index (κ1) is 12.7. The summed E-state index contributed by atoms with van der Waals surface area (Å²) in [7, 11) is 0. The van der Waals surface area contributed by atoms with E-state index in [9.17, 15) is 13.2 Å². The van der Waals surface area contributed by atoms with E-state index in [1.54, 1.807) is 0 Å². The molecule has 3 atom stereocenters. The molecule has 3 unspecified atom stereocenters. The molecule has 1 fully saturated rings. The summed E-state index contributed by atoms with van der Waals surface area (Å²) in [6.07, 6.45) is -0.338. The fourth-order valence-corrected chi connectivity index (χ4v) is 2.82. The summed E-state index contributed by atoms with van der Waals surface area (Å²) in [5.74, 6) is -0.0789. The van der Waals surface area contributed by atoms with Gasteiger partial charge in [0.05, 0.1) is 5.56 Å². The first-order valence-electron chi connectivity index (χ1n) is 5.56. The number of halogens is 4. The van der Waals surface area contributed by atoms with E-state index in [0.717, 1.165) is 12.5 Å². The van der Waals surface area contributed by atoms with Crippen LogP contribution in [0, 0.1) is 5.92 Å². The predicted molar refractivity (Wildman–Crippen MR) is 60.0 cm³/mol. The zero-order valence-electron chi connectivity index (χ0n) is 9.34. The van der Waals surface area contributed by atoms with E-state index >= 15 is 0 Å². The third-order valence-electron chi connectivity index (χ3n) is 3.52. The summed E-state index contributed by atoms with van der Waals surface area (Å²) in [5.41, 5.74) is -0.286. The summed E-state index contributed by atoms with van der Waals surface area (Å²) in [6, 6.07) is 1.05. The smallest absolute Gasteiger partial charge is 0.264 e. The number of pyridine rings is 1. The van der Waals surface area contributed by atoms with Gasteiger partial charge in [0, 0.05) is 17.8 Å². The van der Waals surface area contributed by atoms with Gasteiger partial charge in [-0.25, -0.2) is 0 Å². The van der Waals surface area contributed by atoms with Crippen LogP contribution < -0.4 is 0 Å². The molecular weight excluding hydrogens is 251 g/mol. The van der Waals surface area contributed by atoms with Crippen molar-refractivity contribution >= 4 is 11.6 Å². The Bertz CT molecular complexity index is 405. The number of hydrogen-bond acceptors (Lipinski definition) is 1. The van der Waals surface area contributed by atoms with Crippen LogP contribution in [0.3, 0.4) is 0 Å². The van der Waals surface area contributed by atoms with Gasteiger partial charge in [-0.05, 0) is 36.3 Å². The number of aromatic nitrogens is 1. The van der Waals surface area contributed by atoms with Crippen molar-refractivity contribution in [2.24, 2.45) is 5.92 Å². The summed E-state index contributed by atoms with van der Waals surface area (Å²) in [4.78, 5) is 3.82. The van der Waals surface area contributed by atoms with E-state index in [2.05, 4.69) is 4.98 Å². The molecule has 1 aromatic heterocycles. The molecule has 94 valence electrons. The van der Waals surface area contributed by atoms with Gasteiger partial charge in [-0.3, -0.25) is 4.98 Å². The Morgan fingerprint density at radius 1 is 1.35 bits per heavy atom.